The molecule has 0 aliphatic carbocycles. The van der Waals surface area contributed by atoms with E-state index in [1.54, 1.807) is 25.7 Å². The summed E-state index contributed by atoms with van der Waals surface area (Å²) in [6.45, 7) is 7.18. The topological polar surface area (TPSA) is 106 Å². The highest BCUT2D eigenvalue weighted by molar-refractivity contribution is 5.69. The molecule has 3 rings (SSSR count). The number of hydrogen-bond donors (Lipinski definition) is 2. The summed E-state index contributed by atoms with van der Waals surface area (Å²) in [6.07, 6.45) is -3.53. The number of methoxy groups -OCH3 is 1. The van der Waals surface area contributed by atoms with E-state index in [1.807, 2.05) is 4.90 Å². The van der Waals surface area contributed by atoms with E-state index >= 15 is 0 Å². The second kappa shape index (κ2) is 9.20. The third-order valence-electron chi connectivity index (χ3n) is 4.80. The van der Waals surface area contributed by atoms with Crippen LogP contribution in [-0.2, 0) is 10.9 Å². The monoisotopic (exact) mass is 468 g/mol. The van der Waals surface area contributed by atoms with Gasteiger partial charge in [-0.1, -0.05) is 0 Å². The molecule has 1 aromatic carbocycles. The third kappa shape index (κ3) is 6.08. The molecular formula is C21H27F3N6O3. The van der Waals surface area contributed by atoms with Crippen molar-refractivity contribution in [2.45, 2.75) is 32.5 Å². The molecule has 2 aromatic rings. The number of hydrogen-bond acceptors (Lipinski definition) is 8. The van der Waals surface area contributed by atoms with Crippen molar-refractivity contribution in [2.24, 2.45) is 0 Å². The summed E-state index contributed by atoms with van der Waals surface area (Å²) in [7, 11) is 1.41. The van der Waals surface area contributed by atoms with E-state index in [-0.39, 0.29) is 29.0 Å². The van der Waals surface area contributed by atoms with Gasteiger partial charge in [-0.15, -0.1) is 0 Å². The zero-order valence-electron chi connectivity index (χ0n) is 18.9. The van der Waals surface area contributed by atoms with Crippen molar-refractivity contribution >= 4 is 29.2 Å². The van der Waals surface area contributed by atoms with E-state index in [9.17, 15) is 18.0 Å². The maximum atomic E-state index is 13.2. The number of nitrogen functional groups attached to an aromatic ring is 1. The van der Waals surface area contributed by atoms with Gasteiger partial charge < -0.3 is 30.3 Å². The number of amides is 1. The summed E-state index contributed by atoms with van der Waals surface area (Å²) < 4.78 is 50.2. The number of carbonyl (C=O) groups is 1. The Labute approximate surface area is 189 Å². The van der Waals surface area contributed by atoms with Gasteiger partial charge in [0.25, 0.3) is 0 Å². The summed E-state index contributed by atoms with van der Waals surface area (Å²) >= 11 is 0. The molecule has 1 aromatic heterocycles. The Kier molecular flexibility index (Phi) is 6.75. The summed E-state index contributed by atoms with van der Waals surface area (Å²) in [5, 5.41) is 2.85. The van der Waals surface area contributed by atoms with E-state index in [0.717, 1.165) is 6.07 Å². The van der Waals surface area contributed by atoms with Crippen LogP contribution in [0, 0.1) is 0 Å². The molecule has 0 bridgehead atoms. The first-order valence-electron chi connectivity index (χ1n) is 10.2. The van der Waals surface area contributed by atoms with Crippen molar-refractivity contribution in [3.63, 3.8) is 0 Å². The number of ether oxygens (including phenoxy) is 2. The minimum atomic E-state index is -4.59. The van der Waals surface area contributed by atoms with Crippen LogP contribution < -0.4 is 20.7 Å². The van der Waals surface area contributed by atoms with Crippen LogP contribution in [0.1, 0.15) is 26.3 Å². The Hall–Kier alpha value is -3.44. The third-order valence-corrected chi connectivity index (χ3v) is 4.80. The Morgan fingerprint density at radius 2 is 1.82 bits per heavy atom. The minimum Gasteiger partial charge on any atom is -0.491 e. The van der Waals surface area contributed by atoms with Crippen LogP contribution in [0.3, 0.4) is 0 Å². The first kappa shape index (κ1) is 24.2. The fraction of sp³-hybridized carbons (Fsp3) is 0.476. The fourth-order valence-corrected chi connectivity index (χ4v) is 3.18. The Balaban J connectivity index is 1.75. The number of rotatable bonds is 4. The quantitative estimate of drug-likeness (QED) is 0.651. The first-order valence-corrected chi connectivity index (χ1v) is 10.2. The Morgan fingerprint density at radius 1 is 1.15 bits per heavy atom. The summed E-state index contributed by atoms with van der Waals surface area (Å²) in [6, 6.07) is 3.51. The molecule has 1 aliphatic heterocycles. The normalized spacial score (nSPS) is 14.8. The molecule has 12 heteroatoms. The maximum Gasteiger partial charge on any atom is 0.418 e. The van der Waals surface area contributed by atoms with Crippen molar-refractivity contribution in [3.05, 3.63) is 30.0 Å². The van der Waals surface area contributed by atoms with Gasteiger partial charge in [-0.3, -0.25) is 0 Å². The number of benzene rings is 1. The molecule has 1 aliphatic rings. The largest absolute Gasteiger partial charge is 0.491 e. The van der Waals surface area contributed by atoms with Crippen LogP contribution in [0.5, 0.6) is 5.75 Å². The van der Waals surface area contributed by atoms with Gasteiger partial charge >= 0.3 is 12.3 Å². The lowest BCUT2D eigenvalue weighted by Crippen LogP contribution is -2.50. The lowest BCUT2D eigenvalue weighted by Gasteiger charge is -2.35. The van der Waals surface area contributed by atoms with Crippen LogP contribution in [0.4, 0.5) is 41.1 Å². The maximum absolute atomic E-state index is 13.2. The predicted octanol–water partition coefficient (Wildman–Crippen LogP) is 3.89. The number of aromatic nitrogens is 2. The lowest BCUT2D eigenvalue weighted by atomic mass is 10.1. The number of nitrogens with zero attached hydrogens (tertiary/aromatic N) is 4. The molecule has 3 N–H and O–H groups in total. The van der Waals surface area contributed by atoms with Crippen molar-refractivity contribution < 1.29 is 27.4 Å². The fourth-order valence-electron chi connectivity index (χ4n) is 3.18. The highest BCUT2D eigenvalue weighted by atomic mass is 19.4. The van der Waals surface area contributed by atoms with Gasteiger partial charge in [-0.25, -0.2) is 9.78 Å². The molecule has 0 saturated carbocycles. The molecule has 2 heterocycles. The number of halogens is 3. The summed E-state index contributed by atoms with van der Waals surface area (Å²) in [4.78, 5) is 24.5. The number of anilines is 4. The predicted molar refractivity (Wildman–Crippen MR) is 118 cm³/mol. The molecule has 0 radical (unpaired) electrons. The van der Waals surface area contributed by atoms with Gasteiger partial charge in [0.05, 0.1) is 18.9 Å². The van der Waals surface area contributed by atoms with Crippen LogP contribution in [0.2, 0.25) is 0 Å². The zero-order chi connectivity index (χ0) is 24.4. The molecular weight excluding hydrogens is 441 g/mol. The molecule has 0 unspecified atom stereocenters. The van der Waals surface area contributed by atoms with Crippen LogP contribution in [-0.4, -0.2) is 59.9 Å². The minimum absolute atomic E-state index is 0.147. The molecule has 1 fully saturated rings. The molecule has 180 valence electrons. The highest BCUT2D eigenvalue weighted by Gasteiger charge is 2.33. The van der Waals surface area contributed by atoms with Crippen molar-refractivity contribution in [1.82, 2.24) is 14.9 Å². The number of carbonyl (C=O) groups excluding carboxylic acids is 1. The molecule has 0 spiro atoms. The molecule has 0 atom stereocenters. The van der Waals surface area contributed by atoms with Gasteiger partial charge in [0, 0.05) is 37.6 Å². The molecule has 9 nitrogen and oxygen atoms in total. The first-order chi connectivity index (χ1) is 15.4. The van der Waals surface area contributed by atoms with Gasteiger partial charge in [-0.2, -0.15) is 18.2 Å². The zero-order valence-corrected chi connectivity index (χ0v) is 18.9. The van der Waals surface area contributed by atoms with Crippen molar-refractivity contribution in [2.75, 3.05) is 49.2 Å². The van der Waals surface area contributed by atoms with Gasteiger partial charge in [-0.05, 0) is 39.0 Å². The standard InChI is InChI=1S/C21H27F3N6O3/c1-20(2,3)33-19(31)30-9-7-29(8-10-30)18-26-12-16(32-4)17(28-18)27-13-5-6-15(25)14(11-13)21(22,23)24/h5-6,11-12H,7-10,25H2,1-4H3,(H,26,27,28). The van der Waals surface area contributed by atoms with E-state index in [1.165, 1.54) is 25.4 Å². The number of nitrogens with one attached hydrogen (secondary N) is 1. The van der Waals surface area contributed by atoms with E-state index in [2.05, 4.69) is 15.3 Å². The van der Waals surface area contributed by atoms with E-state index in [0.29, 0.717) is 32.1 Å². The average molecular weight is 468 g/mol. The Morgan fingerprint density at radius 3 is 2.39 bits per heavy atom. The summed E-state index contributed by atoms with van der Waals surface area (Å²) in [5.41, 5.74) is 3.72. The average Bonchev–Trinajstić information content (AvgIpc) is 2.73. The van der Waals surface area contributed by atoms with Crippen LogP contribution >= 0.6 is 0 Å². The number of alkyl halides is 3. The molecule has 1 saturated heterocycles. The molecule has 33 heavy (non-hydrogen) atoms. The van der Waals surface area contributed by atoms with E-state index < -0.39 is 17.3 Å². The second-order valence-corrected chi connectivity index (χ2v) is 8.47. The number of piperazine rings is 1. The van der Waals surface area contributed by atoms with E-state index in [4.69, 9.17) is 15.2 Å². The van der Waals surface area contributed by atoms with Crippen LogP contribution in [0.25, 0.3) is 0 Å². The molecule has 1 amide bonds. The van der Waals surface area contributed by atoms with Crippen LogP contribution in [0.15, 0.2) is 24.4 Å². The van der Waals surface area contributed by atoms with Gasteiger partial charge in [0.1, 0.15) is 5.60 Å². The number of nitrogens with two attached hydrogens (primary N) is 1. The van der Waals surface area contributed by atoms with Crippen molar-refractivity contribution in [1.29, 1.82) is 0 Å². The SMILES string of the molecule is COc1cnc(N2CCN(C(=O)OC(C)(C)C)CC2)nc1Nc1ccc(N)c(C(F)(F)F)c1. The smallest absolute Gasteiger partial charge is 0.418 e. The van der Waals surface area contributed by atoms with Gasteiger partial charge in [0.15, 0.2) is 11.6 Å². The van der Waals surface area contributed by atoms with Crippen molar-refractivity contribution in [3.8, 4) is 5.75 Å². The Bertz CT molecular complexity index is 1000. The second-order valence-electron chi connectivity index (χ2n) is 8.47. The van der Waals surface area contributed by atoms with Gasteiger partial charge in [0.2, 0.25) is 5.95 Å². The highest BCUT2D eigenvalue weighted by Crippen LogP contribution is 2.36. The summed E-state index contributed by atoms with van der Waals surface area (Å²) in [5.74, 6) is 0.820. The lowest BCUT2D eigenvalue weighted by molar-refractivity contribution is -0.136.